The molecule has 0 heteroatoms. The van der Waals surface area contributed by atoms with E-state index >= 15 is 0 Å². The zero-order chi connectivity index (χ0) is 18.4. The minimum absolute atomic E-state index is 1.07. The van der Waals surface area contributed by atoms with Crippen molar-refractivity contribution in [3.05, 3.63) is 109 Å². The third kappa shape index (κ3) is 16.5. The predicted molar refractivity (Wildman–Crippen MR) is 118 cm³/mol. The van der Waals surface area contributed by atoms with E-state index in [9.17, 15) is 0 Å². The van der Waals surface area contributed by atoms with Gasteiger partial charge in [0.1, 0.15) is 0 Å². The molecule has 0 unspecified atom stereocenters. The van der Waals surface area contributed by atoms with Gasteiger partial charge >= 0.3 is 0 Å². The van der Waals surface area contributed by atoms with E-state index in [1.165, 1.54) is 44.9 Å². The third-order valence-corrected chi connectivity index (χ3v) is 3.85. The smallest absolute Gasteiger partial charge is 0.0276 e. The molecule has 0 saturated carbocycles. The first-order valence-corrected chi connectivity index (χ1v) is 9.88. The van der Waals surface area contributed by atoms with Crippen molar-refractivity contribution in [1.82, 2.24) is 0 Å². The molecule has 0 saturated heterocycles. The van der Waals surface area contributed by atoms with Crippen LogP contribution in [0.2, 0.25) is 0 Å². The lowest BCUT2D eigenvalue weighted by atomic mass is 10.1. The first kappa shape index (κ1) is 21.7. The van der Waals surface area contributed by atoms with E-state index in [4.69, 9.17) is 0 Å². The summed E-state index contributed by atoms with van der Waals surface area (Å²) < 4.78 is 0. The molecule has 0 atom stereocenters. The molecule has 0 aromatic rings. The molecule has 0 amide bonds. The van der Waals surface area contributed by atoms with Gasteiger partial charge in [0.05, 0.1) is 0 Å². The maximum atomic E-state index is 3.34. The fourth-order valence-corrected chi connectivity index (χ4v) is 2.41. The van der Waals surface area contributed by atoms with Crippen molar-refractivity contribution in [2.45, 2.75) is 51.4 Å². The Hall–Kier alpha value is -2.34. The first-order valence-electron chi connectivity index (χ1n) is 9.88. The zero-order valence-corrected chi connectivity index (χ0v) is 16.0. The Morgan fingerprint density at radius 3 is 1.38 bits per heavy atom. The highest BCUT2D eigenvalue weighted by Gasteiger charge is 1.89. The summed E-state index contributed by atoms with van der Waals surface area (Å²) in [5.74, 6) is 0. The van der Waals surface area contributed by atoms with Crippen molar-refractivity contribution in [1.29, 1.82) is 0 Å². The molecule has 0 aromatic heterocycles. The van der Waals surface area contributed by atoms with Crippen molar-refractivity contribution in [3.63, 3.8) is 0 Å². The van der Waals surface area contributed by atoms with Gasteiger partial charge in [-0.2, -0.15) is 0 Å². The summed E-state index contributed by atoms with van der Waals surface area (Å²) in [6.07, 6.45) is 48.5. The topological polar surface area (TPSA) is 0 Å². The second-order valence-corrected chi connectivity index (χ2v) is 6.15. The molecule has 0 N–H and O–H groups in total. The second-order valence-electron chi connectivity index (χ2n) is 6.15. The molecule has 137 valence electrons. The molecule has 0 heterocycles. The van der Waals surface area contributed by atoms with Gasteiger partial charge in [0.2, 0.25) is 0 Å². The Bertz CT molecular complexity index is 519. The van der Waals surface area contributed by atoms with Crippen LogP contribution in [0.1, 0.15) is 51.4 Å². The van der Waals surface area contributed by atoms with Crippen molar-refractivity contribution >= 4 is 0 Å². The number of allylic oxidation sites excluding steroid dienone is 18. The Labute approximate surface area is 161 Å². The van der Waals surface area contributed by atoms with Crippen molar-refractivity contribution in [2.24, 2.45) is 0 Å². The van der Waals surface area contributed by atoms with Crippen LogP contribution in [0.4, 0.5) is 0 Å². The van der Waals surface area contributed by atoms with E-state index in [1.807, 2.05) is 72.9 Å². The molecular weight excluding hydrogens is 312 g/mol. The van der Waals surface area contributed by atoms with Gasteiger partial charge in [0.25, 0.3) is 0 Å². The van der Waals surface area contributed by atoms with Crippen LogP contribution in [0.25, 0.3) is 0 Å². The van der Waals surface area contributed by atoms with Crippen LogP contribution < -0.4 is 0 Å². The molecule has 1 radical (unpaired) electrons. The van der Waals surface area contributed by atoms with Crippen LogP contribution >= 0.6 is 0 Å². The van der Waals surface area contributed by atoms with Crippen molar-refractivity contribution < 1.29 is 0 Å². The van der Waals surface area contributed by atoms with Gasteiger partial charge < -0.3 is 0 Å². The van der Waals surface area contributed by atoms with E-state index in [1.54, 1.807) is 0 Å². The highest BCUT2D eigenvalue weighted by atomic mass is 14.0. The molecule has 0 aliphatic heterocycles. The molecule has 0 bridgehead atoms. The standard InChI is InChI=1S/C26H33/c1-2-4-6-8-10-12-14-16-18-20-22-24-26-25-23-21-19-17-15-13-11-9-7-5-3-1/h1-17H,18,20-26H2/b3-1+,4-2+,7-5+,8-6-,11-9-,12-10+,15-13+,16-14+,19-17?. The molecule has 0 spiro atoms. The molecule has 1 aliphatic carbocycles. The highest BCUT2D eigenvalue weighted by molar-refractivity contribution is 5.21. The van der Waals surface area contributed by atoms with Gasteiger partial charge in [0, 0.05) is 0 Å². The summed E-state index contributed by atoms with van der Waals surface area (Å²) in [5.41, 5.74) is 0. The van der Waals surface area contributed by atoms with E-state index < -0.39 is 0 Å². The molecule has 0 nitrogen and oxygen atoms in total. The fraction of sp³-hybridized carbons (Fsp3) is 0.308. The van der Waals surface area contributed by atoms with Gasteiger partial charge in [-0.25, -0.2) is 0 Å². The van der Waals surface area contributed by atoms with E-state index in [-0.39, 0.29) is 0 Å². The van der Waals surface area contributed by atoms with E-state index in [2.05, 4.69) is 36.5 Å². The molecule has 1 aliphatic rings. The summed E-state index contributed by atoms with van der Waals surface area (Å²) >= 11 is 0. The van der Waals surface area contributed by atoms with Crippen LogP contribution in [-0.4, -0.2) is 0 Å². The quantitative estimate of drug-likeness (QED) is 0.418. The van der Waals surface area contributed by atoms with Crippen LogP contribution in [0.5, 0.6) is 0 Å². The number of hydrogen-bond acceptors (Lipinski definition) is 0. The lowest BCUT2D eigenvalue weighted by molar-refractivity contribution is 0.598. The van der Waals surface area contributed by atoms with Gasteiger partial charge in [-0.05, 0) is 31.8 Å². The van der Waals surface area contributed by atoms with Crippen LogP contribution in [0.3, 0.4) is 0 Å². The van der Waals surface area contributed by atoms with Gasteiger partial charge in [-0.3, -0.25) is 0 Å². The van der Waals surface area contributed by atoms with Crippen LogP contribution in [0, 0.1) is 6.08 Å². The average molecular weight is 346 g/mol. The zero-order valence-electron chi connectivity index (χ0n) is 16.0. The predicted octanol–water partition coefficient (Wildman–Crippen LogP) is 7.93. The summed E-state index contributed by atoms with van der Waals surface area (Å²) in [6, 6.07) is 0. The monoisotopic (exact) mass is 345 g/mol. The molecule has 0 fully saturated rings. The Morgan fingerprint density at radius 1 is 0.385 bits per heavy atom. The maximum absolute atomic E-state index is 3.34. The van der Waals surface area contributed by atoms with E-state index in [0.717, 1.165) is 6.42 Å². The normalized spacial score (nSPS) is 29.5. The summed E-state index contributed by atoms with van der Waals surface area (Å²) in [6.45, 7) is 0. The molecule has 0 aromatic carbocycles. The van der Waals surface area contributed by atoms with E-state index in [0.29, 0.717) is 0 Å². The minimum atomic E-state index is 1.07. The Balaban J connectivity index is 2.44. The Morgan fingerprint density at radius 2 is 0.808 bits per heavy atom. The molecule has 26 heavy (non-hydrogen) atoms. The van der Waals surface area contributed by atoms with Gasteiger partial charge in [-0.15, -0.1) is 0 Å². The number of hydrogen-bond donors (Lipinski definition) is 0. The summed E-state index contributed by atoms with van der Waals surface area (Å²) in [5, 5.41) is 0. The fourth-order valence-electron chi connectivity index (χ4n) is 2.41. The van der Waals surface area contributed by atoms with Gasteiger partial charge in [-0.1, -0.05) is 129 Å². The number of rotatable bonds is 0. The summed E-state index contributed by atoms with van der Waals surface area (Å²) in [7, 11) is 0. The minimum Gasteiger partial charge on any atom is -0.0845 e. The largest absolute Gasteiger partial charge is 0.0845 e. The summed E-state index contributed by atoms with van der Waals surface area (Å²) in [4.78, 5) is 0. The molecule has 1 rings (SSSR count). The van der Waals surface area contributed by atoms with Crippen LogP contribution in [0.15, 0.2) is 103 Å². The lowest BCUT2D eigenvalue weighted by Crippen LogP contribution is -1.79. The molecular formula is C26H33. The average Bonchev–Trinajstić information content (AvgIpc) is 2.65. The first-order chi connectivity index (χ1) is 13.0. The van der Waals surface area contributed by atoms with Crippen molar-refractivity contribution in [2.75, 3.05) is 0 Å². The Kier molecular flexibility index (Phi) is 15.9. The highest BCUT2D eigenvalue weighted by Crippen LogP contribution is 2.09. The van der Waals surface area contributed by atoms with Crippen LogP contribution in [-0.2, 0) is 0 Å². The van der Waals surface area contributed by atoms with Gasteiger partial charge in [0.15, 0.2) is 0 Å². The third-order valence-electron chi connectivity index (χ3n) is 3.85. The second kappa shape index (κ2) is 19.0. The SMILES string of the molecule is [C]1=C/C=C/C=C\C=C\C=C\C=C\C=C/C=C/C=C/CCCCCCCC/1. The van der Waals surface area contributed by atoms with Crippen molar-refractivity contribution in [3.8, 4) is 0 Å². The maximum Gasteiger partial charge on any atom is -0.0276 e. The lowest BCUT2D eigenvalue weighted by Gasteiger charge is -1.98.